The lowest BCUT2D eigenvalue weighted by molar-refractivity contribution is 0.524. The molecule has 18 heavy (non-hydrogen) atoms. The third-order valence-electron chi connectivity index (χ3n) is 2.58. The van der Waals surface area contributed by atoms with Crippen molar-refractivity contribution < 1.29 is 0 Å². The molecule has 2 rings (SSSR count). The van der Waals surface area contributed by atoms with Crippen molar-refractivity contribution in [2.24, 2.45) is 0 Å². The summed E-state index contributed by atoms with van der Waals surface area (Å²) in [6.45, 7) is 5.22. The Kier molecular flexibility index (Phi) is 4.72. The minimum absolute atomic E-state index is 0.333. The van der Waals surface area contributed by atoms with E-state index in [2.05, 4.69) is 51.5 Å². The number of hydrogen-bond acceptors (Lipinski definition) is 5. The first kappa shape index (κ1) is 13.0. The van der Waals surface area contributed by atoms with Crippen LogP contribution in [0.1, 0.15) is 32.0 Å². The summed E-state index contributed by atoms with van der Waals surface area (Å²) in [4.78, 5) is 9.63. The number of nitrogens with zero attached hydrogens (tertiary/aromatic N) is 3. The van der Waals surface area contributed by atoms with Crippen molar-refractivity contribution in [1.82, 2.24) is 25.5 Å². The number of aromatic amines is 1. The molecular formula is C12H17N5S. The molecule has 0 fully saturated rings. The predicted molar refractivity (Wildman–Crippen MR) is 71.5 cm³/mol. The molecule has 5 nitrogen and oxygen atoms in total. The Morgan fingerprint density at radius 1 is 1.33 bits per heavy atom. The molecule has 0 saturated carbocycles. The highest BCUT2D eigenvalue weighted by atomic mass is 32.2. The fourth-order valence-corrected chi connectivity index (χ4v) is 2.38. The topological polar surface area (TPSA) is 66.5 Å². The first-order chi connectivity index (χ1) is 8.83. The second kappa shape index (κ2) is 6.51. The van der Waals surface area contributed by atoms with Crippen molar-refractivity contribution in [2.75, 3.05) is 6.54 Å². The fraction of sp³-hybridized carbons (Fsp3) is 0.417. The van der Waals surface area contributed by atoms with Gasteiger partial charge in [0.25, 0.3) is 0 Å². The van der Waals surface area contributed by atoms with Gasteiger partial charge in [-0.1, -0.05) is 13.8 Å². The van der Waals surface area contributed by atoms with Crippen LogP contribution in [0.15, 0.2) is 34.7 Å². The van der Waals surface area contributed by atoms with E-state index in [0.29, 0.717) is 6.04 Å². The van der Waals surface area contributed by atoms with Crippen LogP contribution in [0.25, 0.3) is 0 Å². The van der Waals surface area contributed by atoms with E-state index in [1.165, 1.54) is 18.1 Å². The Hall–Kier alpha value is -1.40. The van der Waals surface area contributed by atoms with Crippen molar-refractivity contribution in [2.45, 2.75) is 36.4 Å². The number of H-pyrrole nitrogens is 1. The number of rotatable bonds is 6. The smallest absolute Gasteiger partial charge is 0.188 e. The molecule has 2 N–H and O–H groups in total. The molecule has 0 aliphatic carbocycles. The fourth-order valence-electron chi connectivity index (χ4n) is 1.72. The summed E-state index contributed by atoms with van der Waals surface area (Å²) >= 11 is 1.52. The van der Waals surface area contributed by atoms with E-state index >= 15 is 0 Å². The van der Waals surface area contributed by atoms with Crippen LogP contribution in [0.4, 0.5) is 0 Å². The maximum Gasteiger partial charge on any atom is 0.188 e. The zero-order valence-corrected chi connectivity index (χ0v) is 11.4. The highest BCUT2D eigenvalue weighted by molar-refractivity contribution is 7.99. The van der Waals surface area contributed by atoms with Gasteiger partial charge in [-0.15, -0.1) is 0 Å². The molecule has 0 bridgehead atoms. The molecule has 2 aromatic heterocycles. The summed E-state index contributed by atoms with van der Waals surface area (Å²) in [7, 11) is 0. The van der Waals surface area contributed by atoms with Gasteiger partial charge in [-0.05, 0) is 36.9 Å². The summed E-state index contributed by atoms with van der Waals surface area (Å²) in [5.74, 6) is 0. The van der Waals surface area contributed by atoms with Crippen molar-refractivity contribution in [3.63, 3.8) is 0 Å². The van der Waals surface area contributed by atoms with Crippen LogP contribution >= 0.6 is 11.8 Å². The number of pyridine rings is 1. The first-order valence-corrected chi connectivity index (χ1v) is 6.87. The van der Waals surface area contributed by atoms with Gasteiger partial charge in [-0.25, -0.2) is 4.98 Å². The van der Waals surface area contributed by atoms with Crippen LogP contribution < -0.4 is 5.32 Å². The van der Waals surface area contributed by atoms with Gasteiger partial charge >= 0.3 is 0 Å². The normalized spacial score (nSPS) is 12.6. The molecule has 1 atom stereocenters. The highest BCUT2D eigenvalue weighted by Gasteiger charge is 2.09. The average molecular weight is 263 g/mol. The van der Waals surface area contributed by atoms with E-state index in [1.807, 2.05) is 6.20 Å². The first-order valence-electron chi connectivity index (χ1n) is 6.06. The molecule has 1 unspecified atom stereocenters. The van der Waals surface area contributed by atoms with Crippen LogP contribution in [0.2, 0.25) is 0 Å². The highest BCUT2D eigenvalue weighted by Crippen LogP contribution is 2.24. The molecule has 2 heterocycles. The van der Waals surface area contributed by atoms with Gasteiger partial charge in [0.15, 0.2) is 5.16 Å². The van der Waals surface area contributed by atoms with E-state index in [9.17, 15) is 0 Å². The van der Waals surface area contributed by atoms with Gasteiger partial charge in [0.1, 0.15) is 6.33 Å². The van der Waals surface area contributed by atoms with Crippen LogP contribution in [0.5, 0.6) is 0 Å². The van der Waals surface area contributed by atoms with Crippen molar-refractivity contribution >= 4 is 11.8 Å². The van der Waals surface area contributed by atoms with Gasteiger partial charge in [-0.2, -0.15) is 5.10 Å². The van der Waals surface area contributed by atoms with E-state index in [4.69, 9.17) is 0 Å². The third kappa shape index (κ3) is 3.30. The Labute approximate surface area is 111 Å². The maximum absolute atomic E-state index is 4.50. The standard InChI is InChI=1S/C12H17N5S/c1-3-10(13-4-2)11-6-5-9(7-14-11)18-12-15-8-16-17-12/h5-8,10,13H,3-4H2,1-2H3,(H,15,16,17). The Morgan fingerprint density at radius 2 is 2.22 bits per heavy atom. The maximum atomic E-state index is 4.50. The summed E-state index contributed by atoms with van der Waals surface area (Å²) < 4.78 is 0. The Bertz CT molecular complexity index is 454. The lowest BCUT2D eigenvalue weighted by atomic mass is 10.1. The summed E-state index contributed by atoms with van der Waals surface area (Å²) in [5, 5.41) is 10.8. The van der Waals surface area contributed by atoms with Gasteiger partial charge in [0, 0.05) is 17.1 Å². The Morgan fingerprint density at radius 3 is 2.78 bits per heavy atom. The predicted octanol–water partition coefficient (Wildman–Crippen LogP) is 2.41. The number of aromatic nitrogens is 4. The monoisotopic (exact) mass is 263 g/mol. The molecule has 0 spiro atoms. The molecule has 0 amide bonds. The van der Waals surface area contributed by atoms with Crippen LogP contribution in [0, 0.1) is 0 Å². The van der Waals surface area contributed by atoms with Gasteiger partial charge in [0.2, 0.25) is 0 Å². The lowest BCUT2D eigenvalue weighted by Gasteiger charge is -2.15. The summed E-state index contributed by atoms with van der Waals surface area (Å²) in [6.07, 6.45) is 4.42. The van der Waals surface area contributed by atoms with Gasteiger partial charge < -0.3 is 5.32 Å². The van der Waals surface area contributed by atoms with Crippen LogP contribution in [-0.2, 0) is 0 Å². The van der Waals surface area contributed by atoms with E-state index in [0.717, 1.165) is 28.7 Å². The van der Waals surface area contributed by atoms with E-state index < -0.39 is 0 Å². The van der Waals surface area contributed by atoms with Crippen molar-refractivity contribution in [1.29, 1.82) is 0 Å². The average Bonchev–Trinajstić information content (AvgIpc) is 2.90. The van der Waals surface area contributed by atoms with Crippen LogP contribution in [0.3, 0.4) is 0 Å². The second-order valence-electron chi connectivity index (χ2n) is 3.83. The quantitative estimate of drug-likeness (QED) is 0.837. The molecule has 0 aromatic carbocycles. The van der Waals surface area contributed by atoms with Crippen LogP contribution in [-0.4, -0.2) is 26.7 Å². The van der Waals surface area contributed by atoms with E-state index in [-0.39, 0.29) is 0 Å². The van der Waals surface area contributed by atoms with Crippen molar-refractivity contribution in [3.05, 3.63) is 30.4 Å². The zero-order chi connectivity index (χ0) is 12.8. The lowest BCUT2D eigenvalue weighted by Crippen LogP contribution is -2.20. The van der Waals surface area contributed by atoms with Gasteiger partial charge in [-0.3, -0.25) is 10.1 Å². The molecule has 0 aliphatic rings. The Balaban J connectivity index is 2.04. The molecule has 0 aliphatic heterocycles. The minimum atomic E-state index is 0.333. The largest absolute Gasteiger partial charge is 0.309 e. The molecule has 0 radical (unpaired) electrons. The number of nitrogens with one attached hydrogen (secondary N) is 2. The number of hydrogen-bond donors (Lipinski definition) is 2. The molecular weight excluding hydrogens is 246 g/mol. The zero-order valence-electron chi connectivity index (χ0n) is 10.6. The molecule has 96 valence electrons. The molecule has 2 aromatic rings. The third-order valence-corrected chi connectivity index (χ3v) is 3.45. The molecule has 6 heteroatoms. The minimum Gasteiger partial charge on any atom is -0.309 e. The van der Waals surface area contributed by atoms with E-state index in [1.54, 1.807) is 0 Å². The SMILES string of the molecule is CCNC(CC)c1ccc(Sc2ncn[nH]2)cn1. The summed E-state index contributed by atoms with van der Waals surface area (Å²) in [6, 6.07) is 4.46. The molecule has 0 saturated heterocycles. The summed E-state index contributed by atoms with van der Waals surface area (Å²) in [5.41, 5.74) is 1.08. The van der Waals surface area contributed by atoms with Crippen molar-refractivity contribution in [3.8, 4) is 0 Å². The second-order valence-corrected chi connectivity index (χ2v) is 4.89. The van der Waals surface area contributed by atoms with Gasteiger partial charge in [0.05, 0.1) is 5.69 Å².